The smallest absolute Gasteiger partial charge is 0.0595 e. The normalized spacial score (nSPS) is 12.9. The molecule has 0 heterocycles. The lowest BCUT2D eigenvalue weighted by molar-refractivity contribution is 0.0179. The molecule has 0 aromatic rings. The van der Waals surface area contributed by atoms with Crippen LogP contribution in [-0.4, -0.2) is 12.7 Å². The van der Waals surface area contributed by atoms with E-state index in [9.17, 15) is 0 Å². The molecule has 0 rings (SSSR count). The van der Waals surface area contributed by atoms with Crippen molar-refractivity contribution in [2.45, 2.75) is 130 Å². The van der Waals surface area contributed by atoms with Gasteiger partial charge in [-0.1, -0.05) is 111 Å². The molecule has 0 fully saturated rings. The van der Waals surface area contributed by atoms with Crippen molar-refractivity contribution < 1.29 is 4.74 Å². The molecule has 0 aliphatic carbocycles. The molecule has 0 aromatic carbocycles. The van der Waals surface area contributed by atoms with E-state index < -0.39 is 0 Å². The Labute approximate surface area is 148 Å². The third-order valence-electron chi connectivity index (χ3n) is 4.98. The number of unbranched alkanes of at least 4 members (excludes halogenated alkanes) is 13. The van der Waals surface area contributed by atoms with E-state index in [1.165, 1.54) is 89.9 Å². The van der Waals surface area contributed by atoms with Gasteiger partial charge in [-0.05, 0) is 18.8 Å². The highest BCUT2D eigenvalue weighted by Gasteiger charge is 2.10. The van der Waals surface area contributed by atoms with Crippen molar-refractivity contribution in [2.24, 2.45) is 5.92 Å². The first-order valence-electron chi connectivity index (χ1n) is 10.8. The van der Waals surface area contributed by atoms with E-state index in [0.29, 0.717) is 12.0 Å². The standard InChI is InChI=1S/C22H46O/c1-5-7-8-9-10-11-12-13-14-15-16-17-18-19-20-23-22(6-2)21(3)4/h21-22H,5-20H2,1-4H3. The Morgan fingerprint density at radius 2 is 0.957 bits per heavy atom. The van der Waals surface area contributed by atoms with Crippen LogP contribution in [0.3, 0.4) is 0 Å². The summed E-state index contributed by atoms with van der Waals surface area (Å²) in [4.78, 5) is 0. The van der Waals surface area contributed by atoms with Crippen molar-refractivity contribution in [2.75, 3.05) is 6.61 Å². The number of hydrogen-bond acceptors (Lipinski definition) is 1. The van der Waals surface area contributed by atoms with Crippen molar-refractivity contribution in [3.05, 3.63) is 0 Å². The van der Waals surface area contributed by atoms with Crippen molar-refractivity contribution in [3.8, 4) is 0 Å². The lowest BCUT2D eigenvalue weighted by Gasteiger charge is -2.19. The monoisotopic (exact) mass is 326 g/mol. The van der Waals surface area contributed by atoms with Crippen molar-refractivity contribution >= 4 is 0 Å². The van der Waals surface area contributed by atoms with Crippen LogP contribution in [0.4, 0.5) is 0 Å². The summed E-state index contributed by atoms with van der Waals surface area (Å²) in [7, 11) is 0. The first kappa shape index (κ1) is 23.0. The molecule has 0 saturated heterocycles. The maximum absolute atomic E-state index is 5.96. The van der Waals surface area contributed by atoms with Gasteiger partial charge < -0.3 is 4.74 Å². The molecule has 1 heteroatoms. The van der Waals surface area contributed by atoms with Crippen LogP contribution in [0.5, 0.6) is 0 Å². The van der Waals surface area contributed by atoms with Crippen LogP contribution in [-0.2, 0) is 4.74 Å². The van der Waals surface area contributed by atoms with E-state index in [2.05, 4.69) is 27.7 Å². The van der Waals surface area contributed by atoms with Crippen molar-refractivity contribution in [1.82, 2.24) is 0 Å². The van der Waals surface area contributed by atoms with Crippen LogP contribution >= 0.6 is 0 Å². The van der Waals surface area contributed by atoms with E-state index in [4.69, 9.17) is 4.74 Å². The zero-order valence-corrected chi connectivity index (χ0v) is 16.9. The minimum atomic E-state index is 0.469. The fraction of sp³-hybridized carbons (Fsp3) is 1.00. The Kier molecular flexibility index (Phi) is 18.3. The predicted octanol–water partition coefficient (Wildman–Crippen LogP) is 7.92. The fourth-order valence-corrected chi connectivity index (χ4v) is 3.31. The molecule has 0 aliphatic heterocycles. The molecule has 0 N–H and O–H groups in total. The van der Waals surface area contributed by atoms with Crippen molar-refractivity contribution in [1.29, 1.82) is 0 Å². The summed E-state index contributed by atoms with van der Waals surface area (Å²) in [6.45, 7) is 10.0. The second kappa shape index (κ2) is 18.3. The van der Waals surface area contributed by atoms with Gasteiger partial charge in [-0.2, -0.15) is 0 Å². The van der Waals surface area contributed by atoms with Crippen molar-refractivity contribution in [3.63, 3.8) is 0 Å². The summed E-state index contributed by atoms with van der Waals surface area (Å²) in [6.07, 6.45) is 21.5. The molecule has 1 nitrogen and oxygen atoms in total. The van der Waals surface area contributed by atoms with Crippen LogP contribution in [0.15, 0.2) is 0 Å². The zero-order chi connectivity index (χ0) is 17.2. The highest BCUT2D eigenvalue weighted by atomic mass is 16.5. The van der Waals surface area contributed by atoms with Gasteiger partial charge in [-0.15, -0.1) is 0 Å². The summed E-state index contributed by atoms with van der Waals surface area (Å²) in [6, 6.07) is 0. The molecule has 23 heavy (non-hydrogen) atoms. The summed E-state index contributed by atoms with van der Waals surface area (Å²) in [5.41, 5.74) is 0. The van der Waals surface area contributed by atoms with Gasteiger partial charge in [-0.25, -0.2) is 0 Å². The fourth-order valence-electron chi connectivity index (χ4n) is 3.31. The molecule has 0 radical (unpaired) electrons. The lowest BCUT2D eigenvalue weighted by atomic mass is 10.0. The number of ether oxygens (including phenoxy) is 1. The van der Waals surface area contributed by atoms with Crippen LogP contribution in [0.2, 0.25) is 0 Å². The minimum absolute atomic E-state index is 0.469. The molecular weight excluding hydrogens is 280 g/mol. The summed E-state index contributed by atoms with van der Waals surface area (Å²) >= 11 is 0. The third kappa shape index (κ3) is 16.6. The summed E-state index contributed by atoms with van der Waals surface area (Å²) in [5, 5.41) is 0. The Bertz CT molecular complexity index is 212. The molecule has 0 amide bonds. The lowest BCUT2D eigenvalue weighted by Crippen LogP contribution is -2.19. The Morgan fingerprint density at radius 3 is 1.30 bits per heavy atom. The summed E-state index contributed by atoms with van der Waals surface area (Å²) < 4.78 is 5.96. The average Bonchev–Trinajstić information content (AvgIpc) is 2.54. The molecule has 140 valence electrons. The highest BCUT2D eigenvalue weighted by molar-refractivity contribution is 4.59. The topological polar surface area (TPSA) is 9.23 Å². The minimum Gasteiger partial charge on any atom is -0.378 e. The highest BCUT2D eigenvalue weighted by Crippen LogP contribution is 2.14. The second-order valence-corrected chi connectivity index (χ2v) is 7.66. The van der Waals surface area contributed by atoms with Gasteiger partial charge in [0.15, 0.2) is 0 Å². The molecule has 0 bridgehead atoms. The maximum Gasteiger partial charge on any atom is 0.0595 e. The Balaban J connectivity index is 3.10. The molecule has 1 unspecified atom stereocenters. The predicted molar refractivity (Wildman–Crippen MR) is 105 cm³/mol. The molecule has 1 atom stereocenters. The number of hydrogen-bond donors (Lipinski definition) is 0. The molecule has 0 aromatic heterocycles. The molecule has 0 spiro atoms. The average molecular weight is 327 g/mol. The van der Waals surface area contributed by atoms with Gasteiger partial charge in [-0.3, -0.25) is 0 Å². The van der Waals surface area contributed by atoms with Crippen LogP contribution in [0, 0.1) is 5.92 Å². The van der Waals surface area contributed by atoms with Gasteiger partial charge in [0.1, 0.15) is 0 Å². The van der Waals surface area contributed by atoms with Crippen LogP contribution in [0.1, 0.15) is 124 Å². The van der Waals surface area contributed by atoms with Gasteiger partial charge >= 0.3 is 0 Å². The van der Waals surface area contributed by atoms with E-state index in [-0.39, 0.29) is 0 Å². The van der Waals surface area contributed by atoms with E-state index in [1.807, 2.05) is 0 Å². The van der Waals surface area contributed by atoms with Crippen LogP contribution < -0.4 is 0 Å². The largest absolute Gasteiger partial charge is 0.378 e. The second-order valence-electron chi connectivity index (χ2n) is 7.66. The van der Waals surface area contributed by atoms with E-state index in [1.54, 1.807) is 0 Å². The Morgan fingerprint density at radius 1 is 0.565 bits per heavy atom. The number of rotatable bonds is 18. The SMILES string of the molecule is CCCCCCCCCCCCCCCCOC(CC)C(C)C. The van der Waals surface area contributed by atoms with Gasteiger partial charge in [0.25, 0.3) is 0 Å². The molecule has 0 aliphatic rings. The van der Waals surface area contributed by atoms with Crippen LogP contribution in [0.25, 0.3) is 0 Å². The summed E-state index contributed by atoms with van der Waals surface area (Å²) in [5.74, 6) is 0.659. The van der Waals surface area contributed by atoms with E-state index in [0.717, 1.165) is 13.0 Å². The van der Waals surface area contributed by atoms with Gasteiger partial charge in [0, 0.05) is 6.61 Å². The van der Waals surface area contributed by atoms with Gasteiger partial charge in [0.2, 0.25) is 0 Å². The quantitative estimate of drug-likeness (QED) is 0.232. The first-order valence-corrected chi connectivity index (χ1v) is 10.8. The Hall–Kier alpha value is -0.0400. The first-order chi connectivity index (χ1) is 11.2. The van der Waals surface area contributed by atoms with E-state index >= 15 is 0 Å². The zero-order valence-electron chi connectivity index (χ0n) is 16.9. The third-order valence-corrected chi connectivity index (χ3v) is 4.98. The molecule has 0 saturated carbocycles. The van der Waals surface area contributed by atoms with Gasteiger partial charge in [0.05, 0.1) is 6.10 Å². The maximum atomic E-state index is 5.96. The molecular formula is C22H46O.